The minimum absolute atomic E-state index is 0.215. The first-order valence-electron chi connectivity index (χ1n) is 6.88. The van der Waals surface area contributed by atoms with Crippen LogP contribution in [0.2, 0.25) is 0 Å². The summed E-state index contributed by atoms with van der Waals surface area (Å²) in [6, 6.07) is 6.74. The molecule has 0 atom stereocenters. The van der Waals surface area contributed by atoms with E-state index in [-0.39, 0.29) is 5.56 Å². The molecule has 0 spiro atoms. The molecule has 0 aliphatic heterocycles. The summed E-state index contributed by atoms with van der Waals surface area (Å²) in [5.41, 5.74) is 0.215. The van der Waals surface area contributed by atoms with Gasteiger partial charge in [-0.3, -0.25) is 0 Å². The van der Waals surface area contributed by atoms with E-state index in [0.29, 0.717) is 17.1 Å². The van der Waals surface area contributed by atoms with Gasteiger partial charge in [-0.25, -0.2) is 4.79 Å². The Morgan fingerprint density at radius 1 is 1.45 bits per heavy atom. The Labute approximate surface area is 123 Å². The zero-order chi connectivity index (χ0) is 14.4. The SMILES string of the molecule is CSC1(CNCCOc2ccccc2C(=O)O)CCC1. The molecule has 5 heteroatoms. The number of carbonyl (C=O) groups is 1. The van der Waals surface area contributed by atoms with E-state index in [1.165, 1.54) is 19.3 Å². The van der Waals surface area contributed by atoms with E-state index in [9.17, 15) is 4.79 Å². The van der Waals surface area contributed by atoms with Gasteiger partial charge in [-0.15, -0.1) is 0 Å². The lowest BCUT2D eigenvalue weighted by atomic mass is 9.84. The molecule has 1 aromatic carbocycles. The molecule has 1 aromatic rings. The smallest absolute Gasteiger partial charge is 0.339 e. The first-order chi connectivity index (χ1) is 9.67. The Morgan fingerprint density at radius 2 is 2.20 bits per heavy atom. The topological polar surface area (TPSA) is 58.6 Å². The van der Waals surface area contributed by atoms with Crippen molar-refractivity contribution in [3.63, 3.8) is 0 Å². The lowest BCUT2D eigenvalue weighted by Crippen LogP contribution is -2.44. The lowest BCUT2D eigenvalue weighted by Gasteiger charge is -2.40. The van der Waals surface area contributed by atoms with E-state index in [4.69, 9.17) is 9.84 Å². The van der Waals surface area contributed by atoms with Crippen molar-refractivity contribution in [3.05, 3.63) is 29.8 Å². The second kappa shape index (κ2) is 6.99. The largest absolute Gasteiger partial charge is 0.491 e. The van der Waals surface area contributed by atoms with E-state index >= 15 is 0 Å². The Bertz CT molecular complexity index is 455. The number of thioether (sulfide) groups is 1. The number of ether oxygens (including phenoxy) is 1. The molecule has 4 nitrogen and oxygen atoms in total. The number of nitrogens with one attached hydrogen (secondary N) is 1. The predicted octanol–water partition coefficient (Wildman–Crippen LogP) is 2.64. The maximum atomic E-state index is 11.0. The third-order valence-corrected chi connectivity index (χ3v) is 5.22. The molecule has 1 saturated carbocycles. The van der Waals surface area contributed by atoms with Gasteiger partial charge < -0.3 is 15.2 Å². The molecule has 2 rings (SSSR count). The van der Waals surface area contributed by atoms with Crippen LogP contribution in [-0.4, -0.2) is 41.8 Å². The van der Waals surface area contributed by atoms with E-state index in [1.807, 2.05) is 11.8 Å². The van der Waals surface area contributed by atoms with Gasteiger partial charge >= 0.3 is 5.97 Å². The van der Waals surface area contributed by atoms with Crippen molar-refractivity contribution in [1.29, 1.82) is 0 Å². The number of benzene rings is 1. The molecule has 0 heterocycles. The Kier molecular flexibility index (Phi) is 5.31. The number of hydrogen-bond acceptors (Lipinski definition) is 4. The second-order valence-corrected chi connectivity index (χ2v) is 6.34. The summed E-state index contributed by atoms with van der Waals surface area (Å²) < 4.78 is 5.96. The fraction of sp³-hybridized carbons (Fsp3) is 0.533. The lowest BCUT2D eigenvalue weighted by molar-refractivity contribution is 0.0692. The third kappa shape index (κ3) is 3.67. The van der Waals surface area contributed by atoms with Crippen molar-refractivity contribution < 1.29 is 14.6 Å². The van der Waals surface area contributed by atoms with E-state index in [0.717, 1.165) is 13.1 Å². The van der Waals surface area contributed by atoms with Crippen LogP contribution in [0.5, 0.6) is 5.75 Å². The summed E-state index contributed by atoms with van der Waals surface area (Å²) in [5.74, 6) is -0.519. The first-order valence-corrected chi connectivity index (χ1v) is 8.10. The van der Waals surface area contributed by atoms with Crippen molar-refractivity contribution in [2.24, 2.45) is 0 Å². The molecule has 0 saturated heterocycles. The Hall–Kier alpha value is -1.20. The van der Waals surface area contributed by atoms with Crippen LogP contribution in [0.4, 0.5) is 0 Å². The summed E-state index contributed by atoms with van der Waals surface area (Å²) in [4.78, 5) is 11.0. The fourth-order valence-electron chi connectivity index (χ4n) is 2.34. The van der Waals surface area contributed by atoms with Gasteiger partial charge in [0.2, 0.25) is 0 Å². The molecular weight excluding hydrogens is 274 g/mol. The highest BCUT2D eigenvalue weighted by Crippen LogP contribution is 2.42. The molecule has 20 heavy (non-hydrogen) atoms. The molecular formula is C15H21NO3S. The predicted molar refractivity (Wildman–Crippen MR) is 81.9 cm³/mol. The summed E-state index contributed by atoms with van der Waals surface area (Å²) in [5, 5.41) is 12.5. The fourth-order valence-corrected chi connectivity index (χ4v) is 3.29. The van der Waals surface area contributed by atoms with Crippen LogP contribution in [0.25, 0.3) is 0 Å². The van der Waals surface area contributed by atoms with Crippen molar-refractivity contribution in [3.8, 4) is 5.75 Å². The van der Waals surface area contributed by atoms with Crippen LogP contribution in [0.1, 0.15) is 29.6 Å². The van der Waals surface area contributed by atoms with Crippen molar-refractivity contribution in [2.75, 3.05) is 26.0 Å². The van der Waals surface area contributed by atoms with Gasteiger partial charge in [-0.05, 0) is 31.2 Å². The van der Waals surface area contributed by atoms with Gasteiger partial charge in [-0.2, -0.15) is 11.8 Å². The van der Waals surface area contributed by atoms with Gasteiger partial charge in [-0.1, -0.05) is 18.6 Å². The number of aromatic carboxylic acids is 1. The first kappa shape index (κ1) is 15.2. The minimum Gasteiger partial charge on any atom is -0.491 e. The Balaban J connectivity index is 1.72. The van der Waals surface area contributed by atoms with Crippen molar-refractivity contribution in [2.45, 2.75) is 24.0 Å². The molecule has 1 aliphatic rings. The molecule has 2 N–H and O–H groups in total. The minimum atomic E-state index is -0.954. The molecule has 0 amide bonds. The average molecular weight is 295 g/mol. The van der Waals surface area contributed by atoms with Crippen molar-refractivity contribution in [1.82, 2.24) is 5.32 Å². The zero-order valence-electron chi connectivity index (χ0n) is 11.7. The number of carboxylic acids is 1. The van der Waals surface area contributed by atoms with Crippen LogP contribution in [-0.2, 0) is 0 Å². The monoisotopic (exact) mass is 295 g/mol. The van der Waals surface area contributed by atoms with Crippen LogP contribution in [0.3, 0.4) is 0 Å². The highest BCUT2D eigenvalue weighted by molar-refractivity contribution is 8.00. The van der Waals surface area contributed by atoms with Gasteiger partial charge in [0, 0.05) is 17.8 Å². The normalized spacial score (nSPS) is 16.4. The van der Waals surface area contributed by atoms with Crippen LogP contribution in [0.15, 0.2) is 24.3 Å². The van der Waals surface area contributed by atoms with Crippen molar-refractivity contribution >= 4 is 17.7 Å². The highest BCUT2D eigenvalue weighted by atomic mass is 32.2. The maximum Gasteiger partial charge on any atom is 0.339 e. The quantitative estimate of drug-likeness (QED) is 0.722. The van der Waals surface area contributed by atoms with Gasteiger partial charge in [0.15, 0.2) is 0 Å². The molecule has 1 aliphatic carbocycles. The summed E-state index contributed by atoms with van der Waals surface area (Å²) in [6.07, 6.45) is 6.05. The summed E-state index contributed by atoms with van der Waals surface area (Å²) in [7, 11) is 0. The van der Waals surface area contributed by atoms with Crippen LogP contribution >= 0.6 is 11.8 Å². The van der Waals surface area contributed by atoms with Gasteiger partial charge in [0.05, 0.1) is 0 Å². The highest BCUT2D eigenvalue weighted by Gasteiger charge is 2.35. The molecule has 0 aromatic heterocycles. The van der Waals surface area contributed by atoms with E-state index in [2.05, 4.69) is 11.6 Å². The second-order valence-electron chi connectivity index (χ2n) is 5.07. The number of carboxylic acid groups (broad SMARTS) is 1. The van der Waals surface area contributed by atoms with Crippen LogP contribution < -0.4 is 10.1 Å². The standard InChI is InChI=1S/C15H21NO3S/c1-20-15(7-4-8-15)11-16-9-10-19-13-6-3-2-5-12(13)14(17)18/h2-3,5-6,16H,4,7-11H2,1H3,(H,17,18). The van der Waals surface area contributed by atoms with Crippen LogP contribution in [0, 0.1) is 0 Å². The molecule has 0 bridgehead atoms. The summed E-state index contributed by atoms with van der Waals surface area (Å²) in [6.45, 7) is 2.21. The van der Waals surface area contributed by atoms with Gasteiger partial charge in [0.25, 0.3) is 0 Å². The maximum absolute atomic E-state index is 11.0. The Morgan fingerprint density at radius 3 is 2.80 bits per heavy atom. The number of rotatable bonds is 8. The molecule has 0 unspecified atom stereocenters. The van der Waals surface area contributed by atoms with E-state index < -0.39 is 5.97 Å². The average Bonchev–Trinajstić information content (AvgIpc) is 2.41. The zero-order valence-corrected chi connectivity index (χ0v) is 12.5. The third-order valence-electron chi connectivity index (χ3n) is 3.80. The molecule has 0 radical (unpaired) electrons. The number of hydrogen-bond donors (Lipinski definition) is 2. The van der Waals surface area contributed by atoms with Gasteiger partial charge in [0.1, 0.15) is 17.9 Å². The summed E-state index contributed by atoms with van der Waals surface area (Å²) >= 11 is 1.94. The van der Waals surface area contributed by atoms with E-state index in [1.54, 1.807) is 24.3 Å². The molecule has 110 valence electrons. The molecule has 1 fully saturated rings. The number of para-hydroxylation sites is 1.